The van der Waals surface area contributed by atoms with E-state index in [-0.39, 0.29) is 11.8 Å². The van der Waals surface area contributed by atoms with Crippen LogP contribution in [0.25, 0.3) is 11.1 Å². The smallest absolute Gasteiger partial charge is 0.263 e. The number of anilines is 2. The lowest BCUT2D eigenvalue weighted by molar-refractivity contribution is -0.120. The Morgan fingerprint density at radius 3 is 3.12 bits per heavy atom. The number of amides is 1. The van der Waals surface area contributed by atoms with Gasteiger partial charge in [0.1, 0.15) is 22.5 Å². The van der Waals surface area contributed by atoms with Crippen LogP contribution in [0.5, 0.6) is 0 Å². The number of piperidine rings is 1. The Bertz CT molecular complexity index is 938. The summed E-state index contributed by atoms with van der Waals surface area (Å²) in [6.07, 6.45) is 4.02. The van der Waals surface area contributed by atoms with Gasteiger partial charge in [-0.1, -0.05) is 23.4 Å². The minimum atomic E-state index is -0.136. The number of carbonyl (C=O) groups is 1. The molecule has 4 rings (SSSR count). The van der Waals surface area contributed by atoms with Gasteiger partial charge >= 0.3 is 0 Å². The molecule has 136 valence electrons. The van der Waals surface area contributed by atoms with Crippen molar-refractivity contribution < 1.29 is 9.32 Å². The van der Waals surface area contributed by atoms with Crippen LogP contribution < -0.4 is 10.2 Å². The van der Waals surface area contributed by atoms with Gasteiger partial charge in [-0.05, 0) is 26.2 Å². The summed E-state index contributed by atoms with van der Waals surface area (Å²) in [6.45, 7) is 5.30. The molecule has 10 heteroatoms. The number of hydrogen-bond acceptors (Lipinski definition) is 9. The quantitative estimate of drug-likeness (QED) is 0.741. The molecule has 0 unspecified atom stereocenters. The minimum Gasteiger partial charge on any atom is -0.355 e. The topological polar surface area (TPSA) is 110 Å². The summed E-state index contributed by atoms with van der Waals surface area (Å²) in [5, 5.41) is 17.2. The van der Waals surface area contributed by atoms with Gasteiger partial charge in [0.25, 0.3) is 5.71 Å². The molecular weight excluding hydrogens is 354 g/mol. The van der Waals surface area contributed by atoms with Gasteiger partial charge in [0.2, 0.25) is 11.0 Å². The molecule has 1 amide bonds. The van der Waals surface area contributed by atoms with Gasteiger partial charge < -0.3 is 14.7 Å². The third-order valence-electron chi connectivity index (χ3n) is 4.51. The first kappa shape index (κ1) is 16.8. The summed E-state index contributed by atoms with van der Waals surface area (Å²) in [7, 11) is 0. The van der Waals surface area contributed by atoms with Crippen LogP contribution in [-0.4, -0.2) is 44.3 Å². The van der Waals surface area contributed by atoms with E-state index in [1.807, 2.05) is 13.8 Å². The van der Waals surface area contributed by atoms with Gasteiger partial charge in [0.05, 0.1) is 11.6 Å². The van der Waals surface area contributed by atoms with Crippen molar-refractivity contribution in [2.75, 3.05) is 23.3 Å². The molecule has 4 heterocycles. The molecule has 0 bridgehead atoms. The zero-order valence-electron chi connectivity index (χ0n) is 14.6. The van der Waals surface area contributed by atoms with Crippen LogP contribution in [0.1, 0.15) is 30.5 Å². The van der Waals surface area contributed by atoms with E-state index in [0.29, 0.717) is 17.4 Å². The normalized spacial score (nSPS) is 17.6. The number of aryl methyl sites for hydroxylation is 2. The summed E-state index contributed by atoms with van der Waals surface area (Å²) in [4.78, 5) is 23.3. The summed E-state index contributed by atoms with van der Waals surface area (Å²) in [5.41, 5.74) is 1.23. The summed E-state index contributed by atoms with van der Waals surface area (Å²) < 4.78 is 5.23. The van der Waals surface area contributed by atoms with Crippen molar-refractivity contribution >= 4 is 39.3 Å². The molecule has 1 aliphatic heterocycles. The average Bonchev–Trinajstić information content (AvgIpc) is 3.28. The largest absolute Gasteiger partial charge is 0.355 e. The second-order valence-electron chi connectivity index (χ2n) is 6.27. The molecule has 1 saturated heterocycles. The van der Waals surface area contributed by atoms with E-state index in [9.17, 15) is 4.79 Å². The predicted octanol–water partition coefficient (Wildman–Crippen LogP) is 2.20. The highest BCUT2D eigenvalue weighted by molar-refractivity contribution is 7.15. The average molecular weight is 373 g/mol. The molecule has 0 spiro atoms. The Morgan fingerprint density at radius 2 is 2.31 bits per heavy atom. The number of nitrogens with one attached hydrogen (secondary N) is 1. The van der Waals surface area contributed by atoms with Gasteiger partial charge in [-0.3, -0.25) is 4.79 Å². The molecule has 0 aromatic carbocycles. The molecule has 0 radical (unpaired) electrons. The number of fused-ring (bicyclic) bond motifs is 1. The van der Waals surface area contributed by atoms with Crippen molar-refractivity contribution in [1.82, 2.24) is 25.3 Å². The van der Waals surface area contributed by atoms with E-state index in [4.69, 9.17) is 4.52 Å². The van der Waals surface area contributed by atoms with E-state index in [0.717, 1.165) is 47.7 Å². The highest BCUT2D eigenvalue weighted by Crippen LogP contribution is 2.30. The lowest BCUT2D eigenvalue weighted by atomic mass is 9.97. The first-order valence-electron chi connectivity index (χ1n) is 8.61. The van der Waals surface area contributed by atoms with E-state index in [2.05, 4.69) is 35.5 Å². The van der Waals surface area contributed by atoms with Crippen molar-refractivity contribution in [2.45, 2.75) is 33.1 Å². The maximum atomic E-state index is 12.7. The standard InChI is InChI=1S/C16H19N7O2S/c1-3-11-20-21-16(26-11)19-14(24)10-5-4-6-23(7-10)13-12-9(2)22-25-15(12)18-8-17-13/h8,10H,3-7H2,1-2H3,(H,19,21,24)/t10-/m1/s1. The van der Waals surface area contributed by atoms with Crippen molar-refractivity contribution in [3.05, 3.63) is 17.0 Å². The summed E-state index contributed by atoms with van der Waals surface area (Å²) in [5.74, 6) is 0.610. The number of hydrogen-bond donors (Lipinski definition) is 1. The minimum absolute atomic E-state index is 0.0270. The van der Waals surface area contributed by atoms with Crippen LogP contribution in [0.3, 0.4) is 0 Å². The maximum absolute atomic E-state index is 12.7. The predicted molar refractivity (Wildman–Crippen MR) is 97.2 cm³/mol. The van der Waals surface area contributed by atoms with Crippen molar-refractivity contribution in [3.63, 3.8) is 0 Å². The molecule has 1 atom stereocenters. The first-order valence-corrected chi connectivity index (χ1v) is 9.42. The maximum Gasteiger partial charge on any atom is 0.263 e. The number of aromatic nitrogens is 5. The zero-order chi connectivity index (χ0) is 18.1. The molecule has 1 N–H and O–H groups in total. The second-order valence-corrected chi connectivity index (χ2v) is 7.34. The van der Waals surface area contributed by atoms with Crippen molar-refractivity contribution in [3.8, 4) is 0 Å². The third kappa shape index (κ3) is 3.12. The van der Waals surface area contributed by atoms with Gasteiger partial charge in [0.15, 0.2) is 0 Å². The van der Waals surface area contributed by atoms with Crippen molar-refractivity contribution in [2.24, 2.45) is 5.92 Å². The number of rotatable bonds is 4. The monoisotopic (exact) mass is 373 g/mol. The van der Waals surface area contributed by atoms with Crippen LogP contribution in [0, 0.1) is 12.8 Å². The molecule has 26 heavy (non-hydrogen) atoms. The lowest BCUT2D eigenvalue weighted by Crippen LogP contribution is -2.41. The van der Waals surface area contributed by atoms with Crippen LogP contribution in [0.4, 0.5) is 10.9 Å². The van der Waals surface area contributed by atoms with Gasteiger partial charge in [0, 0.05) is 13.1 Å². The van der Waals surface area contributed by atoms with E-state index < -0.39 is 0 Å². The summed E-state index contributed by atoms with van der Waals surface area (Å²) >= 11 is 1.42. The molecule has 3 aromatic heterocycles. The van der Waals surface area contributed by atoms with E-state index in [1.54, 1.807) is 0 Å². The highest BCUT2D eigenvalue weighted by Gasteiger charge is 2.29. The van der Waals surface area contributed by atoms with Crippen LogP contribution in [0.15, 0.2) is 10.9 Å². The SMILES string of the molecule is CCc1nnc(NC(=O)[C@@H]2CCCN(c3ncnc4onc(C)c34)C2)s1. The van der Waals surface area contributed by atoms with Gasteiger partial charge in [-0.15, -0.1) is 10.2 Å². The molecule has 9 nitrogen and oxygen atoms in total. The zero-order valence-corrected chi connectivity index (χ0v) is 15.4. The van der Waals surface area contributed by atoms with E-state index >= 15 is 0 Å². The Morgan fingerprint density at radius 1 is 1.42 bits per heavy atom. The van der Waals surface area contributed by atoms with Crippen LogP contribution >= 0.6 is 11.3 Å². The molecule has 3 aromatic rings. The van der Waals surface area contributed by atoms with Crippen LogP contribution in [-0.2, 0) is 11.2 Å². The van der Waals surface area contributed by atoms with Gasteiger partial charge in [-0.25, -0.2) is 4.98 Å². The van der Waals surface area contributed by atoms with Gasteiger partial charge in [-0.2, -0.15) is 4.98 Å². The second kappa shape index (κ2) is 6.94. The Kier molecular flexibility index (Phi) is 4.49. The fourth-order valence-corrected chi connectivity index (χ4v) is 3.86. The first-order chi connectivity index (χ1) is 12.7. The molecular formula is C16H19N7O2S. The fourth-order valence-electron chi connectivity index (χ4n) is 3.18. The molecule has 0 aliphatic carbocycles. The number of carbonyl (C=O) groups excluding carboxylic acids is 1. The Labute approximate surface area is 153 Å². The fraction of sp³-hybridized carbons (Fsp3) is 0.500. The Hall–Kier alpha value is -2.62. The molecule has 1 aliphatic rings. The summed E-state index contributed by atoms with van der Waals surface area (Å²) in [6, 6.07) is 0. The lowest BCUT2D eigenvalue weighted by Gasteiger charge is -2.32. The Balaban J connectivity index is 1.51. The molecule has 1 fully saturated rings. The third-order valence-corrected chi connectivity index (χ3v) is 5.50. The number of nitrogens with zero attached hydrogens (tertiary/aromatic N) is 6. The van der Waals surface area contributed by atoms with Crippen LogP contribution in [0.2, 0.25) is 0 Å². The van der Waals surface area contributed by atoms with E-state index in [1.165, 1.54) is 17.7 Å². The molecule has 0 saturated carbocycles. The highest BCUT2D eigenvalue weighted by atomic mass is 32.1. The van der Waals surface area contributed by atoms with Crippen molar-refractivity contribution in [1.29, 1.82) is 0 Å².